The van der Waals surface area contributed by atoms with Crippen molar-refractivity contribution in [3.05, 3.63) is 0 Å². The van der Waals surface area contributed by atoms with Crippen LogP contribution in [0.1, 0.15) is 52.4 Å². The second kappa shape index (κ2) is 8.66. The van der Waals surface area contributed by atoms with Crippen LogP contribution in [0.5, 0.6) is 0 Å². The number of hydrogen-bond acceptors (Lipinski definition) is 5. The number of nitrogens with one attached hydrogen (secondary N) is 1. The zero-order valence-corrected chi connectivity index (χ0v) is 13.5. The third-order valence-corrected chi connectivity index (χ3v) is 4.09. The summed E-state index contributed by atoms with van der Waals surface area (Å²) in [5, 5.41) is 2.59. The number of hydrogen-bond donors (Lipinski definition) is 1. The Kier molecular flexibility index (Phi) is 7.21. The van der Waals surface area contributed by atoms with Crippen LogP contribution in [0.3, 0.4) is 0 Å². The van der Waals surface area contributed by atoms with Crippen LogP contribution in [0.25, 0.3) is 0 Å². The Morgan fingerprint density at radius 2 is 1.77 bits per heavy atom. The molecular formula is C16H25NO5. The van der Waals surface area contributed by atoms with E-state index in [0.717, 1.165) is 6.42 Å². The minimum absolute atomic E-state index is 0.107. The molecule has 6 nitrogen and oxygen atoms in total. The van der Waals surface area contributed by atoms with Gasteiger partial charge < -0.3 is 10.1 Å². The first-order valence-corrected chi connectivity index (χ1v) is 7.92. The van der Waals surface area contributed by atoms with Crippen molar-refractivity contribution in [3.63, 3.8) is 0 Å². The minimum atomic E-state index is -1.23. The molecule has 124 valence electrons. The molecule has 0 aliphatic heterocycles. The zero-order chi connectivity index (χ0) is 16.7. The summed E-state index contributed by atoms with van der Waals surface area (Å²) in [7, 11) is 1.56. The van der Waals surface area contributed by atoms with Crippen molar-refractivity contribution in [2.45, 2.75) is 58.5 Å². The molecule has 0 aromatic carbocycles. The van der Waals surface area contributed by atoms with Crippen LogP contribution < -0.4 is 5.32 Å². The van der Waals surface area contributed by atoms with Crippen LogP contribution in [-0.2, 0) is 23.9 Å². The van der Waals surface area contributed by atoms with E-state index in [1.54, 1.807) is 7.05 Å². The molecule has 0 saturated heterocycles. The lowest BCUT2D eigenvalue weighted by Crippen LogP contribution is -2.34. The average Bonchev–Trinajstić information content (AvgIpc) is 2.82. The zero-order valence-electron chi connectivity index (χ0n) is 13.5. The molecule has 1 saturated carbocycles. The molecule has 2 unspecified atom stereocenters. The summed E-state index contributed by atoms with van der Waals surface area (Å²) in [5.74, 6) is -2.04. The van der Waals surface area contributed by atoms with E-state index in [1.807, 2.05) is 13.8 Å². The lowest BCUT2D eigenvalue weighted by atomic mass is 9.89. The number of rotatable bonds is 8. The monoisotopic (exact) mass is 311 g/mol. The van der Waals surface area contributed by atoms with E-state index < -0.39 is 18.0 Å². The van der Waals surface area contributed by atoms with Gasteiger partial charge in [-0.15, -0.1) is 0 Å². The minimum Gasteiger partial charge on any atom is -0.446 e. The van der Waals surface area contributed by atoms with Gasteiger partial charge in [-0.2, -0.15) is 0 Å². The molecule has 6 heteroatoms. The van der Waals surface area contributed by atoms with Crippen LogP contribution in [0, 0.1) is 11.8 Å². The fraction of sp³-hybridized carbons (Fsp3) is 0.750. The quantitative estimate of drug-likeness (QED) is 0.541. The van der Waals surface area contributed by atoms with E-state index in [0.29, 0.717) is 19.3 Å². The van der Waals surface area contributed by atoms with Gasteiger partial charge in [-0.25, -0.2) is 0 Å². The number of esters is 1. The number of carbonyl (C=O) groups is 4. The first-order valence-electron chi connectivity index (χ1n) is 7.92. The normalized spacial score (nSPS) is 18.1. The first-order chi connectivity index (χ1) is 10.4. The van der Waals surface area contributed by atoms with Gasteiger partial charge in [0.2, 0.25) is 12.0 Å². The van der Waals surface area contributed by atoms with E-state index in [9.17, 15) is 19.2 Å². The third-order valence-electron chi connectivity index (χ3n) is 4.09. The Morgan fingerprint density at radius 1 is 1.18 bits per heavy atom. The summed E-state index contributed by atoms with van der Waals surface area (Å²) in [6.45, 7) is 3.82. The molecule has 0 aromatic heterocycles. The van der Waals surface area contributed by atoms with E-state index in [-0.39, 0.29) is 36.2 Å². The maximum absolute atomic E-state index is 12.3. The van der Waals surface area contributed by atoms with Crippen LogP contribution in [0.2, 0.25) is 0 Å². The van der Waals surface area contributed by atoms with Gasteiger partial charge in [-0.3, -0.25) is 19.2 Å². The fourth-order valence-corrected chi connectivity index (χ4v) is 2.72. The van der Waals surface area contributed by atoms with E-state index in [2.05, 4.69) is 5.32 Å². The molecule has 1 N–H and O–H groups in total. The Bertz CT molecular complexity index is 430. The Labute approximate surface area is 131 Å². The van der Waals surface area contributed by atoms with Crippen molar-refractivity contribution >= 4 is 23.4 Å². The highest BCUT2D eigenvalue weighted by Gasteiger charge is 2.38. The van der Waals surface area contributed by atoms with Gasteiger partial charge in [-0.05, 0) is 19.3 Å². The van der Waals surface area contributed by atoms with Crippen molar-refractivity contribution in [1.82, 2.24) is 5.32 Å². The molecule has 0 aromatic rings. The molecule has 1 fully saturated rings. The van der Waals surface area contributed by atoms with Crippen LogP contribution in [0.15, 0.2) is 0 Å². The largest absolute Gasteiger partial charge is 0.446 e. The van der Waals surface area contributed by atoms with Gasteiger partial charge in [-0.1, -0.05) is 20.3 Å². The average molecular weight is 311 g/mol. The van der Waals surface area contributed by atoms with Gasteiger partial charge in [0.1, 0.15) is 0 Å². The maximum Gasteiger partial charge on any atom is 0.310 e. The Balaban J connectivity index is 2.72. The van der Waals surface area contributed by atoms with Crippen LogP contribution >= 0.6 is 0 Å². The molecule has 0 bridgehead atoms. The van der Waals surface area contributed by atoms with E-state index in [1.165, 1.54) is 0 Å². The Morgan fingerprint density at radius 3 is 2.23 bits per heavy atom. The molecule has 1 aliphatic rings. The fourth-order valence-electron chi connectivity index (χ4n) is 2.72. The molecule has 0 spiro atoms. The summed E-state index contributed by atoms with van der Waals surface area (Å²) in [6, 6.07) is 0. The SMILES string of the molecule is CCCC(CC(CC)C(=O)NC)C(=O)OC1C(=O)CCC1=O. The molecule has 2 atom stereocenters. The highest BCUT2D eigenvalue weighted by Crippen LogP contribution is 2.24. The van der Waals surface area contributed by atoms with Crippen LogP contribution in [-0.4, -0.2) is 36.6 Å². The van der Waals surface area contributed by atoms with Gasteiger partial charge in [0, 0.05) is 25.8 Å². The number of ether oxygens (including phenoxy) is 1. The highest BCUT2D eigenvalue weighted by atomic mass is 16.6. The van der Waals surface area contributed by atoms with Gasteiger partial charge in [0.15, 0.2) is 11.6 Å². The summed E-state index contributed by atoms with van der Waals surface area (Å²) in [6.07, 6.45) is 1.38. The molecule has 1 aliphatic carbocycles. The maximum atomic E-state index is 12.3. The number of carbonyl (C=O) groups excluding carboxylic acids is 4. The van der Waals surface area contributed by atoms with Crippen molar-refractivity contribution in [2.24, 2.45) is 11.8 Å². The van der Waals surface area contributed by atoms with Gasteiger partial charge >= 0.3 is 5.97 Å². The van der Waals surface area contributed by atoms with Gasteiger partial charge in [0.25, 0.3) is 0 Å². The smallest absolute Gasteiger partial charge is 0.310 e. The van der Waals surface area contributed by atoms with Crippen molar-refractivity contribution in [1.29, 1.82) is 0 Å². The Hall–Kier alpha value is -1.72. The molecule has 0 heterocycles. The predicted molar refractivity (Wildman–Crippen MR) is 80.0 cm³/mol. The van der Waals surface area contributed by atoms with E-state index >= 15 is 0 Å². The highest BCUT2D eigenvalue weighted by molar-refractivity contribution is 6.12. The summed E-state index contributed by atoms with van der Waals surface area (Å²) < 4.78 is 5.14. The second-order valence-electron chi connectivity index (χ2n) is 5.69. The van der Waals surface area contributed by atoms with E-state index in [4.69, 9.17) is 4.74 Å². The standard InChI is InChI=1S/C16H25NO5/c1-4-6-11(9-10(5-2)15(20)17-3)16(21)22-14-12(18)7-8-13(14)19/h10-11,14H,4-9H2,1-3H3,(H,17,20). The second-order valence-corrected chi connectivity index (χ2v) is 5.69. The lowest BCUT2D eigenvalue weighted by molar-refractivity contribution is -0.162. The third kappa shape index (κ3) is 4.64. The van der Waals surface area contributed by atoms with Crippen molar-refractivity contribution in [2.75, 3.05) is 7.05 Å². The molecule has 0 radical (unpaired) electrons. The van der Waals surface area contributed by atoms with Gasteiger partial charge in [0.05, 0.1) is 5.92 Å². The topological polar surface area (TPSA) is 89.5 Å². The molecular weight excluding hydrogens is 286 g/mol. The van der Waals surface area contributed by atoms with Crippen molar-refractivity contribution < 1.29 is 23.9 Å². The molecule has 22 heavy (non-hydrogen) atoms. The van der Waals surface area contributed by atoms with Crippen molar-refractivity contribution in [3.8, 4) is 0 Å². The number of ketones is 2. The summed E-state index contributed by atoms with van der Waals surface area (Å²) in [5.41, 5.74) is 0. The predicted octanol–water partition coefficient (Wildman–Crippen LogP) is 1.41. The summed E-state index contributed by atoms with van der Waals surface area (Å²) >= 11 is 0. The lowest BCUT2D eigenvalue weighted by Gasteiger charge is -2.21. The molecule has 1 rings (SSSR count). The molecule has 1 amide bonds. The number of Topliss-reactive ketones (excluding diaryl/α,β-unsaturated/α-hetero) is 2. The first kappa shape index (κ1) is 18.3. The van der Waals surface area contributed by atoms with Crippen LogP contribution in [0.4, 0.5) is 0 Å². The summed E-state index contributed by atoms with van der Waals surface area (Å²) in [4.78, 5) is 47.2. The number of amides is 1.